The van der Waals surface area contributed by atoms with Crippen LogP contribution in [0.1, 0.15) is 13.3 Å². The Morgan fingerprint density at radius 2 is 2.31 bits per heavy atom. The molecule has 0 spiro atoms. The van der Waals surface area contributed by atoms with Crippen LogP contribution in [0.3, 0.4) is 0 Å². The third-order valence-electron chi connectivity index (χ3n) is 2.30. The molecule has 0 bridgehead atoms. The van der Waals surface area contributed by atoms with Crippen molar-refractivity contribution in [2.24, 2.45) is 10.8 Å². The molecule has 0 radical (unpaired) electrons. The van der Waals surface area contributed by atoms with Gasteiger partial charge in [0.1, 0.15) is 0 Å². The standard InChI is InChI=1S/C10H24N4OS/c1-9(8-16-4)14(2)10(13-11)12-6-5-7-15-3/h9H,5-8,11H2,1-4H3,(H,12,13). The van der Waals surface area contributed by atoms with Gasteiger partial charge in [0.25, 0.3) is 0 Å². The molecule has 96 valence electrons. The van der Waals surface area contributed by atoms with Crippen molar-refractivity contribution in [1.82, 2.24) is 10.3 Å². The number of methoxy groups -OCH3 is 1. The minimum Gasteiger partial charge on any atom is -0.385 e. The highest BCUT2D eigenvalue weighted by Gasteiger charge is 2.11. The second-order valence-electron chi connectivity index (χ2n) is 3.61. The van der Waals surface area contributed by atoms with Crippen LogP contribution in [0.2, 0.25) is 0 Å². The Balaban J connectivity index is 4.13. The summed E-state index contributed by atoms with van der Waals surface area (Å²) in [4.78, 5) is 6.46. The maximum absolute atomic E-state index is 5.46. The second kappa shape index (κ2) is 9.74. The summed E-state index contributed by atoms with van der Waals surface area (Å²) in [6.07, 6.45) is 3.00. The molecule has 0 aliphatic carbocycles. The molecule has 0 aliphatic rings. The summed E-state index contributed by atoms with van der Waals surface area (Å²) in [6, 6.07) is 0.409. The van der Waals surface area contributed by atoms with Gasteiger partial charge in [-0.1, -0.05) is 0 Å². The van der Waals surface area contributed by atoms with Crippen molar-refractivity contribution in [2.75, 3.05) is 39.3 Å². The van der Waals surface area contributed by atoms with E-state index in [1.54, 1.807) is 7.11 Å². The van der Waals surface area contributed by atoms with Gasteiger partial charge in [-0.25, -0.2) is 5.84 Å². The fourth-order valence-corrected chi connectivity index (χ4v) is 1.92. The van der Waals surface area contributed by atoms with Crippen LogP contribution in [0.4, 0.5) is 0 Å². The number of nitrogens with two attached hydrogens (primary N) is 1. The van der Waals surface area contributed by atoms with Gasteiger partial charge in [-0.05, 0) is 19.6 Å². The number of hydrogen-bond donors (Lipinski definition) is 2. The average Bonchev–Trinajstić information content (AvgIpc) is 2.29. The third-order valence-corrected chi connectivity index (χ3v) is 3.12. The van der Waals surface area contributed by atoms with E-state index in [1.807, 2.05) is 18.8 Å². The van der Waals surface area contributed by atoms with Crippen LogP contribution in [0.25, 0.3) is 0 Å². The first-order chi connectivity index (χ1) is 7.67. The average molecular weight is 248 g/mol. The number of nitrogens with one attached hydrogen (secondary N) is 1. The fraction of sp³-hybridized carbons (Fsp3) is 0.900. The molecular weight excluding hydrogens is 224 g/mol. The van der Waals surface area contributed by atoms with E-state index >= 15 is 0 Å². The topological polar surface area (TPSA) is 62.9 Å². The monoisotopic (exact) mass is 248 g/mol. The SMILES string of the molecule is COCCCN=C(NN)N(C)C(C)CSC. The lowest BCUT2D eigenvalue weighted by molar-refractivity contribution is 0.197. The number of hydrazine groups is 1. The Morgan fingerprint density at radius 1 is 1.62 bits per heavy atom. The van der Waals surface area contributed by atoms with Gasteiger partial charge >= 0.3 is 0 Å². The maximum Gasteiger partial charge on any atom is 0.208 e. The molecule has 0 fully saturated rings. The largest absolute Gasteiger partial charge is 0.385 e. The highest BCUT2D eigenvalue weighted by molar-refractivity contribution is 7.98. The summed E-state index contributed by atoms with van der Waals surface area (Å²) < 4.78 is 4.97. The Bertz CT molecular complexity index is 201. The van der Waals surface area contributed by atoms with Gasteiger partial charge in [-0.15, -0.1) is 0 Å². The first-order valence-electron chi connectivity index (χ1n) is 5.39. The molecule has 1 unspecified atom stereocenters. The zero-order chi connectivity index (χ0) is 12.4. The zero-order valence-corrected chi connectivity index (χ0v) is 11.5. The molecule has 0 heterocycles. The first-order valence-corrected chi connectivity index (χ1v) is 6.78. The Hall–Kier alpha value is -0.460. The number of thioether (sulfide) groups is 1. The Labute approximate surface area is 103 Å². The molecule has 0 amide bonds. The first kappa shape index (κ1) is 15.5. The number of aliphatic imine (C=N–C) groups is 1. The predicted octanol–water partition coefficient (Wildman–Crippen LogP) is 0.526. The molecule has 0 aromatic heterocycles. The quantitative estimate of drug-likeness (QED) is 0.226. The third kappa shape index (κ3) is 6.19. The summed E-state index contributed by atoms with van der Waals surface area (Å²) in [5.41, 5.74) is 2.64. The van der Waals surface area contributed by atoms with Gasteiger partial charge < -0.3 is 9.64 Å². The highest BCUT2D eigenvalue weighted by Crippen LogP contribution is 2.03. The minimum absolute atomic E-state index is 0.409. The van der Waals surface area contributed by atoms with Crippen LogP contribution in [0.15, 0.2) is 4.99 Å². The van der Waals surface area contributed by atoms with E-state index in [0.29, 0.717) is 6.04 Å². The van der Waals surface area contributed by atoms with Crippen molar-refractivity contribution in [1.29, 1.82) is 0 Å². The van der Waals surface area contributed by atoms with Crippen molar-refractivity contribution >= 4 is 17.7 Å². The fourth-order valence-electron chi connectivity index (χ4n) is 1.21. The van der Waals surface area contributed by atoms with Gasteiger partial charge in [0.15, 0.2) is 0 Å². The molecule has 5 nitrogen and oxygen atoms in total. The number of guanidine groups is 1. The lowest BCUT2D eigenvalue weighted by Crippen LogP contribution is -2.47. The van der Waals surface area contributed by atoms with Crippen LogP contribution >= 0.6 is 11.8 Å². The maximum atomic E-state index is 5.46. The molecule has 16 heavy (non-hydrogen) atoms. The molecule has 0 aliphatic heterocycles. The number of hydrogen-bond acceptors (Lipinski definition) is 4. The molecule has 0 aromatic rings. The minimum atomic E-state index is 0.409. The zero-order valence-electron chi connectivity index (χ0n) is 10.7. The van der Waals surface area contributed by atoms with E-state index in [4.69, 9.17) is 10.6 Å². The summed E-state index contributed by atoms with van der Waals surface area (Å²) in [5.74, 6) is 7.25. The van der Waals surface area contributed by atoms with Crippen LogP contribution < -0.4 is 11.3 Å². The van der Waals surface area contributed by atoms with Crippen molar-refractivity contribution < 1.29 is 4.74 Å². The summed E-state index contributed by atoms with van der Waals surface area (Å²) in [6.45, 7) is 3.60. The van der Waals surface area contributed by atoms with Crippen LogP contribution in [-0.2, 0) is 4.74 Å². The van der Waals surface area contributed by atoms with Crippen LogP contribution in [0, 0.1) is 0 Å². The normalized spacial score (nSPS) is 13.7. The number of nitrogens with zero attached hydrogens (tertiary/aromatic N) is 2. The van der Waals surface area contributed by atoms with E-state index in [2.05, 4.69) is 28.5 Å². The summed E-state index contributed by atoms with van der Waals surface area (Å²) >= 11 is 1.81. The molecule has 0 aromatic carbocycles. The van der Waals surface area contributed by atoms with Gasteiger partial charge in [0, 0.05) is 39.1 Å². The van der Waals surface area contributed by atoms with Crippen molar-refractivity contribution in [3.05, 3.63) is 0 Å². The van der Waals surface area contributed by atoms with E-state index < -0.39 is 0 Å². The molecule has 0 rings (SSSR count). The van der Waals surface area contributed by atoms with Crippen molar-refractivity contribution in [2.45, 2.75) is 19.4 Å². The van der Waals surface area contributed by atoms with Gasteiger partial charge in [-0.3, -0.25) is 10.4 Å². The van der Waals surface area contributed by atoms with Gasteiger partial charge in [-0.2, -0.15) is 11.8 Å². The molecule has 3 N–H and O–H groups in total. The molecule has 6 heteroatoms. The van der Waals surface area contributed by atoms with E-state index in [-0.39, 0.29) is 0 Å². The smallest absolute Gasteiger partial charge is 0.208 e. The van der Waals surface area contributed by atoms with Gasteiger partial charge in [0.05, 0.1) is 0 Å². The van der Waals surface area contributed by atoms with Crippen LogP contribution in [0.5, 0.6) is 0 Å². The van der Waals surface area contributed by atoms with Crippen molar-refractivity contribution in [3.63, 3.8) is 0 Å². The predicted molar refractivity (Wildman–Crippen MR) is 71.7 cm³/mol. The van der Waals surface area contributed by atoms with Gasteiger partial charge in [0.2, 0.25) is 5.96 Å². The van der Waals surface area contributed by atoms with Crippen molar-refractivity contribution in [3.8, 4) is 0 Å². The second-order valence-corrected chi connectivity index (χ2v) is 4.52. The van der Waals surface area contributed by atoms with E-state index in [0.717, 1.165) is 31.3 Å². The lowest BCUT2D eigenvalue weighted by Gasteiger charge is -2.27. The molecular formula is C10H24N4OS. The number of rotatable bonds is 7. The molecule has 0 saturated heterocycles. The van der Waals surface area contributed by atoms with Crippen LogP contribution in [-0.4, -0.2) is 56.2 Å². The summed E-state index contributed by atoms with van der Waals surface area (Å²) in [7, 11) is 3.69. The number of ether oxygens (including phenoxy) is 1. The lowest BCUT2D eigenvalue weighted by atomic mass is 10.3. The summed E-state index contributed by atoms with van der Waals surface area (Å²) in [5, 5.41) is 0. The Kier molecular flexibility index (Phi) is 9.46. The molecule has 1 atom stereocenters. The molecule has 0 saturated carbocycles. The Morgan fingerprint density at radius 3 is 2.81 bits per heavy atom. The van der Waals surface area contributed by atoms with E-state index in [9.17, 15) is 0 Å². The highest BCUT2D eigenvalue weighted by atomic mass is 32.2. The van der Waals surface area contributed by atoms with E-state index in [1.165, 1.54) is 0 Å².